The van der Waals surface area contributed by atoms with Crippen LogP contribution in [-0.4, -0.2) is 36.6 Å². The van der Waals surface area contributed by atoms with Crippen LogP contribution in [0.15, 0.2) is 42.5 Å². The van der Waals surface area contributed by atoms with E-state index >= 15 is 0 Å². The van der Waals surface area contributed by atoms with Crippen molar-refractivity contribution >= 4 is 17.5 Å². The van der Waals surface area contributed by atoms with Crippen molar-refractivity contribution < 1.29 is 19.1 Å². The number of fused-ring (bicyclic) bond motifs is 2. The Labute approximate surface area is 158 Å². The Hall–Kier alpha value is -3.02. The van der Waals surface area contributed by atoms with Crippen molar-refractivity contribution in [3.05, 3.63) is 53.6 Å². The number of amides is 2. The Morgan fingerprint density at radius 1 is 1.07 bits per heavy atom. The highest BCUT2D eigenvalue weighted by atomic mass is 16.7. The summed E-state index contributed by atoms with van der Waals surface area (Å²) in [6.45, 7) is 3.39. The molecule has 4 rings (SSSR count). The Kier molecular flexibility index (Phi) is 4.71. The summed E-state index contributed by atoms with van der Waals surface area (Å²) >= 11 is 0. The molecular formula is C21H22N2O4. The van der Waals surface area contributed by atoms with Gasteiger partial charge >= 0.3 is 0 Å². The number of hydrogen-bond acceptors (Lipinski definition) is 4. The van der Waals surface area contributed by atoms with Gasteiger partial charge in [0.25, 0.3) is 0 Å². The van der Waals surface area contributed by atoms with Gasteiger partial charge in [0, 0.05) is 44.7 Å². The van der Waals surface area contributed by atoms with Crippen molar-refractivity contribution in [3.63, 3.8) is 0 Å². The summed E-state index contributed by atoms with van der Waals surface area (Å²) in [5.74, 6) is 1.25. The van der Waals surface area contributed by atoms with E-state index in [9.17, 15) is 9.59 Å². The number of anilines is 1. The lowest BCUT2D eigenvalue weighted by Crippen LogP contribution is -2.39. The smallest absolute Gasteiger partial charge is 0.231 e. The molecule has 0 N–H and O–H groups in total. The second-order valence-corrected chi connectivity index (χ2v) is 6.79. The van der Waals surface area contributed by atoms with Crippen molar-refractivity contribution in [2.45, 2.75) is 26.3 Å². The number of nitrogens with zero attached hydrogens (tertiary/aromatic N) is 2. The van der Waals surface area contributed by atoms with E-state index in [-0.39, 0.29) is 25.0 Å². The third kappa shape index (κ3) is 3.60. The molecule has 140 valence electrons. The van der Waals surface area contributed by atoms with Gasteiger partial charge in [-0.25, -0.2) is 0 Å². The first kappa shape index (κ1) is 17.4. The summed E-state index contributed by atoms with van der Waals surface area (Å²) in [5, 5.41) is 0. The van der Waals surface area contributed by atoms with Crippen LogP contribution in [0.3, 0.4) is 0 Å². The molecule has 27 heavy (non-hydrogen) atoms. The van der Waals surface area contributed by atoms with Crippen molar-refractivity contribution in [2.24, 2.45) is 0 Å². The van der Waals surface area contributed by atoms with Gasteiger partial charge in [0.1, 0.15) is 0 Å². The minimum atomic E-state index is -0.106. The standard InChI is InChI=1S/C21H22N2O4/c1-15(24)23(18-6-7-19-20(12-18)27-14-26-19)11-9-21(25)22-10-8-16-4-2-3-5-17(16)13-22/h2-7,12H,8-11,13-14H2,1H3. The van der Waals surface area contributed by atoms with Crippen LogP contribution in [0.5, 0.6) is 11.5 Å². The zero-order valence-corrected chi connectivity index (χ0v) is 15.3. The summed E-state index contributed by atoms with van der Waals surface area (Å²) < 4.78 is 10.7. The molecule has 6 nitrogen and oxygen atoms in total. The molecule has 0 unspecified atom stereocenters. The van der Waals surface area contributed by atoms with Gasteiger partial charge in [0.2, 0.25) is 18.6 Å². The molecule has 2 aliphatic heterocycles. The number of hydrogen-bond donors (Lipinski definition) is 0. The molecule has 2 aromatic rings. The fourth-order valence-electron chi connectivity index (χ4n) is 3.60. The summed E-state index contributed by atoms with van der Waals surface area (Å²) in [5.41, 5.74) is 3.23. The van der Waals surface area contributed by atoms with E-state index in [1.807, 2.05) is 23.1 Å². The Morgan fingerprint density at radius 3 is 2.67 bits per heavy atom. The van der Waals surface area contributed by atoms with E-state index in [0.29, 0.717) is 30.3 Å². The van der Waals surface area contributed by atoms with Crippen molar-refractivity contribution in [3.8, 4) is 11.5 Å². The summed E-state index contributed by atoms with van der Waals surface area (Å²) in [4.78, 5) is 28.3. The summed E-state index contributed by atoms with van der Waals surface area (Å²) in [6, 6.07) is 13.6. The van der Waals surface area contributed by atoms with Crippen molar-refractivity contribution in [1.82, 2.24) is 4.90 Å². The number of benzene rings is 2. The molecule has 0 aromatic heterocycles. The molecule has 0 saturated carbocycles. The highest BCUT2D eigenvalue weighted by molar-refractivity contribution is 5.92. The monoisotopic (exact) mass is 366 g/mol. The largest absolute Gasteiger partial charge is 0.454 e. The van der Waals surface area contributed by atoms with Gasteiger partial charge < -0.3 is 19.3 Å². The van der Waals surface area contributed by atoms with Gasteiger partial charge in [-0.15, -0.1) is 0 Å². The van der Waals surface area contributed by atoms with E-state index in [4.69, 9.17) is 9.47 Å². The van der Waals surface area contributed by atoms with Gasteiger partial charge in [-0.05, 0) is 29.7 Å². The minimum Gasteiger partial charge on any atom is -0.454 e. The molecule has 0 spiro atoms. The average molecular weight is 366 g/mol. The lowest BCUT2D eigenvalue weighted by Gasteiger charge is -2.30. The normalized spacial score (nSPS) is 14.6. The Balaban J connectivity index is 1.41. The average Bonchev–Trinajstić information content (AvgIpc) is 3.15. The molecule has 2 aliphatic rings. The fourth-order valence-corrected chi connectivity index (χ4v) is 3.60. The van der Waals surface area contributed by atoms with Gasteiger partial charge in [0.15, 0.2) is 11.5 Å². The van der Waals surface area contributed by atoms with Crippen LogP contribution < -0.4 is 14.4 Å². The second kappa shape index (κ2) is 7.31. The second-order valence-electron chi connectivity index (χ2n) is 6.79. The third-order valence-corrected chi connectivity index (χ3v) is 5.08. The quantitative estimate of drug-likeness (QED) is 0.835. The first-order valence-corrected chi connectivity index (χ1v) is 9.14. The van der Waals surface area contributed by atoms with Crippen LogP contribution in [0, 0.1) is 0 Å². The Bertz CT molecular complexity index is 880. The predicted molar refractivity (Wildman–Crippen MR) is 101 cm³/mol. The zero-order valence-electron chi connectivity index (χ0n) is 15.3. The highest BCUT2D eigenvalue weighted by Crippen LogP contribution is 2.35. The summed E-state index contributed by atoms with van der Waals surface area (Å²) in [6.07, 6.45) is 1.16. The first-order chi connectivity index (χ1) is 13.1. The van der Waals surface area contributed by atoms with Crippen molar-refractivity contribution in [1.29, 1.82) is 0 Å². The zero-order chi connectivity index (χ0) is 18.8. The highest BCUT2D eigenvalue weighted by Gasteiger charge is 2.23. The van der Waals surface area contributed by atoms with Crippen LogP contribution in [0.4, 0.5) is 5.69 Å². The van der Waals surface area contributed by atoms with Gasteiger partial charge in [-0.1, -0.05) is 24.3 Å². The number of ether oxygens (including phenoxy) is 2. The van der Waals surface area contributed by atoms with Gasteiger partial charge in [0.05, 0.1) is 0 Å². The maximum Gasteiger partial charge on any atom is 0.231 e. The molecule has 2 amide bonds. The third-order valence-electron chi connectivity index (χ3n) is 5.08. The number of carbonyl (C=O) groups excluding carboxylic acids is 2. The molecule has 0 radical (unpaired) electrons. The van der Waals surface area contributed by atoms with E-state index in [2.05, 4.69) is 12.1 Å². The van der Waals surface area contributed by atoms with Crippen LogP contribution >= 0.6 is 0 Å². The van der Waals surface area contributed by atoms with E-state index in [1.165, 1.54) is 18.1 Å². The van der Waals surface area contributed by atoms with E-state index < -0.39 is 0 Å². The van der Waals surface area contributed by atoms with Crippen LogP contribution in [-0.2, 0) is 22.6 Å². The molecule has 6 heteroatoms. The minimum absolute atomic E-state index is 0.0662. The lowest BCUT2D eigenvalue weighted by molar-refractivity contribution is -0.131. The lowest BCUT2D eigenvalue weighted by atomic mass is 10.00. The van der Waals surface area contributed by atoms with Gasteiger partial charge in [-0.3, -0.25) is 9.59 Å². The maximum absolute atomic E-state index is 12.7. The Morgan fingerprint density at radius 2 is 1.85 bits per heavy atom. The van der Waals surface area contributed by atoms with Crippen LogP contribution in [0.1, 0.15) is 24.5 Å². The maximum atomic E-state index is 12.7. The SMILES string of the molecule is CC(=O)N(CCC(=O)N1CCc2ccccc2C1)c1ccc2c(c1)OCO2. The molecule has 2 heterocycles. The van der Waals surface area contributed by atoms with E-state index in [1.54, 1.807) is 17.0 Å². The molecule has 0 saturated heterocycles. The topological polar surface area (TPSA) is 59.1 Å². The first-order valence-electron chi connectivity index (χ1n) is 9.14. The van der Waals surface area contributed by atoms with E-state index in [0.717, 1.165) is 13.0 Å². The number of carbonyl (C=O) groups is 2. The van der Waals surface area contributed by atoms with Crippen LogP contribution in [0.2, 0.25) is 0 Å². The number of rotatable bonds is 4. The molecule has 0 atom stereocenters. The van der Waals surface area contributed by atoms with Gasteiger partial charge in [-0.2, -0.15) is 0 Å². The summed E-state index contributed by atoms with van der Waals surface area (Å²) in [7, 11) is 0. The fraction of sp³-hybridized carbons (Fsp3) is 0.333. The molecule has 0 bridgehead atoms. The van der Waals surface area contributed by atoms with Crippen LogP contribution in [0.25, 0.3) is 0 Å². The molecule has 0 fully saturated rings. The molecular weight excluding hydrogens is 344 g/mol. The van der Waals surface area contributed by atoms with Crippen molar-refractivity contribution in [2.75, 3.05) is 24.8 Å². The molecule has 2 aromatic carbocycles. The predicted octanol–water partition coefficient (Wildman–Crippen LogP) is 2.74. The molecule has 0 aliphatic carbocycles.